The Bertz CT molecular complexity index is 2960. The number of hydrogen-bond donors (Lipinski definition) is 3. The number of rotatable bonds is 5. The number of aliphatic carboxylic acids is 1. The first-order valence-electron chi connectivity index (χ1n) is 19.2. The Balaban J connectivity index is 0.000000193. The van der Waals surface area contributed by atoms with Gasteiger partial charge < -0.3 is 24.5 Å². The summed E-state index contributed by atoms with van der Waals surface area (Å²) in [5.41, 5.74) is 7.66. The van der Waals surface area contributed by atoms with E-state index in [-0.39, 0.29) is 11.0 Å². The van der Waals surface area contributed by atoms with Gasteiger partial charge in [0, 0.05) is 54.9 Å². The first-order chi connectivity index (χ1) is 29.5. The maximum atomic E-state index is 11.7. The standard InChI is InChI=1S/C32H18N8.C16H16O4.H4Si/c1-2-10-18-17(9-1)25-33-26(18)38-28-21-13-5-6-14-22(21)30(35-28)40-32-24-16-8-7-15-23(24)31(36-32)39-29-20-12-4-3-11-19(20)27(34-29)37-25;1-19-13-9-5-3-7-11(13)15(16(17)18)12-8-4-6-10-14(12)20-2;/h1-16H,(H2,33,34,35,36,37,38,39,40);3-10,15H,1-2H3,(H,17,18);1H4. The first-order valence-corrected chi connectivity index (χ1v) is 19.2. The monoisotopic (exact) mass is 818 g/mol. The van der Waals surface area contributed by atoms with Crippen molar-refractivity contribution in [1.82, 2.24) is 39.9 Å². The highest BCUT2D eigenvalue weighted by atomic mass is 28.1. The SMILES string of the molecule is COc1ccccc1C(C(=O)O)c1ccccc1OC.[SiH4].c1ccc2c(c1)-c1nc-2nc2[nH]c(nc3nc(nc4[nH]c(n1)c1ccccc41)-c1ccccc1-3)c1ccccc21. The fraction of sp³-hybridized carbons (Fsp3) is 0.0625. The molecular weight excluding hydrogens is 781 g/mol. The Hall–Kier alpha value is -8.03. The van der Waals surface area contributed by atoms with E-state index in [0.29, 0.717) is 68.5 Å². The van der Waals surface area contributed by atoms with E-state index >= 15 is 0 Å². The summed E-state index contributed by atoms with van der Waals surface area (Å²) in [4.78, 5) is 48.5. The number of aromatic amines is 2. The summed E-state index contributed by atoms with van der Waals surface area (Å²) in [6, 6.07) is 46.5. The molecule has 0 radical (unpaired) electrons. The highest BCUT2D eigenvalue weighted by Crippen LogP contribution is 2.38. The largest absolute Gasteiger partial charge is 0.496 e. The number of carbonyl (C=O) groups is 1. The first kappa shape index (κ1) is 38.5. The second-order valence-corrected chi connectivity index (χ2v) is 14.0. The zero-order chi connectivity index (χ0) is 40.7. The summed E-state index contributed by atoms with van der Waals surface area (Å²) < 4.78 is 10.5. The average Bonchev–Trinajstić information content (AvgIpc) is 4.03. The smallest absolute Gasteiger partial charge is 0.315 e. The molecule has 0 unspecified atom stereocenters. The lowest BCUT2D eigenvalue weighted by Gasteiger charge is -2.18. The van der Waals surface area contributed by atoms with Gasteiger partial charge in [-0.1, -0.05) is 133 Å². The molecule has 0 spiro atoms. The van der Waals surface area contributed by atoms with E-state index in [9.17, 15) is 9.90 Å². The van der Waals surface area contributed by atoms with Crippen LogP contribution in [0.3, 0.4) is 0 Å². The van der Waals surface area contributed by atoms with Gasteiger partial charge in [0.15, 0.2) is 23.3 Å². The Morgan fingerprint density at radius 3 is 1.02 bits per heavy atom. The summed E-state index contributed by atoms with van der Waals surface area (Å²) in [6.45, 7) is 0. The van der Waals surface area contributed by atoms with E-state index in [0.717, 1.165) is 43.8 Å². The predicted octanol–water partition coefficient (Wildman–Crippen LogP) is 8.34. The van der Waals surface area contributed by atoms with Crippen LogP contribution in [0.15, 0.2) is 146 Å². The van der Waals surface area contributed by atoms with E-state index in [4.69, 9.17) is 39.4 Å². The lowest BCUT2D eigenvalue weighted by molar-refractivity contribution is -0.137. The number of para-hydroxylation sites is 2. The third-order valence-corrected chi connectivity index (χ3v) is 10.6. The number of carboxylic acids is 1. The highest BCUT2D eigenvalue weighted by Gasteiger charge is 2.28. The molecule has 13 heteroatoms. The van der Waals surface area contributed by atoms with Crippen molar-refractivity contribution in [2.45, 2.75) is 5.92 Å². The third kappa shape index (κ3) is 6.82. The van der Waals surface area contributed by atoms with Gasteiger partial charge in [0.2, 0.25) is 0 Å². The van der Waals surface area contributed by atoms with Crippen molar-refractivity contribution in [3.63, 3.8) is 0 Å². The molecule has 2 aliphatic rings. The van der Waals surface area contributed by atoms with E-state index in [1.54, 1.807) is 36.4 Å². The predicted molar refractivity (Wildman–Crippen MR) is 243 cm³/mol. The van der Waals surface area contributed by atoms with Crippen LogP contribution in [0, 0.1) is 0 Å². The van der Waals surface area contributed by atoms with Gasteiger partial charge in [-0.15, -0.1) is 0 Å². The number of nitrogens with one attached hydrogen (secondary N) is 2. The fourth-order valence-electron chi connectivity index (χ4n) is 7.83. The van der Waals surface area contributed by atoms with Crippen molar-refractivity contribution >= 4 is 61.1 Å². The zero-order valence-corrected chi connectivity index (χ0v) is 32.3. The second-order valence-electron chi connectivity index (χ2n) is 14.0. The zero-order valence-electron chi connectivity index (χ0n) is 32.3. The number of carboxylic acid groups (broad SMARTS) is 1. The number of hydrogen-bond acceptors (Lipinski definition) is 9. The molecule has 0 saturated heterocycles. The van der Waals surface area contributed by atoms with Crippen molar-refractivity contribution in [2.24, 2.45) is 0 Å². The molecule has 8 bridgehead atoms. The maximum absolute atomic E-state index is 11.7. The number of H-pyrrole nitrogens is 2. The summed E-state index contributed by atoms with van der Waals surface area (Å²) in [5.74, 6) is 1.71. The molecule has 0 aliphatic carbocycles. The van der Waals surface area contributed by atoms with Crippen molar-refractivity contribution in [3.8, 4) is 57.1 Å². The molecule has 3 N–H and O–H groups in total. The molecule has 6 aromatic carbocycles. The normalized spacial score (nSPS) is 11.3. The Kier molecular flexibility index (Phi) is 10.1. The van der Waals surface area contributed by atoms with E-state index in [2.05, 4.69) is 9.97 Å². The van der Waals surface area contributed by atoms with Crippen molar-refractivity contribution in [3.05, 3.63) is 157 Å². The van der Waals surface area contributed by atoms with Crippen LogP contribution in [0.25, 0.3) is 89.7 Å². The van der Waals surface area contributed by atoms with Crippen LogP contribution in [0.4, 0.5) is 0 Å². The van der Waals surface area contributed by atoms with E-state index in [1.807, 2.05) is 109 Å². The Morgan fingerprint density at radius 2 is 0.721 bits per heavy atom. The van der Waals surface area contributed by atoms with Crippen LogP contribution in [-0.4, -0.2) is 76.1 Å². The van der Waals surface area contributed by atoms with Gasteiger partial charge in [0.05, 0.1) is 14.2 Å². The van der Waals surface area contributed by atoms with Crippen molar-refractivity contribution < 1.29 is 19.4 Å². The molecule has 11 rings (SSSR count). The minimum absolute atomic E-state index is 0. The van der Waals surface area contributed by atoms with Gasteiger partial charge in [-0.25, -0.2) is 29.9 Å². The van der Waals surface area contributed by atoms with Gasteiger partial charge in [0.25, 0.3) is 0 Å². The lowest BCUT2D eigenvalue weighted by atomic mass is 9.90. The Labute approximate surface area is 353 Å². The molecule has 9 aromatic rings. The summed E-state index contributed by atoms with van der Waals surface area (Å²) in [6.07, 6.45) is 0. The van der Waals surface area contributed by atoms with Gasteiger partial charge in [-0.05, 0) is 23.1 Å². The Morgan fingerprint density at radius 1 is 0.443 bits per heavy atom. The number of methoxy groups -OCH3 is 2. The molecule has 61 heavy (non-hydrogen) atoms. The molecule has 0 fully saturated rings. The van der Waals surface area contributed by atoms with Crippen LogP contribution >= 0.6 is 0 Å². The van der Waals surface area contributed by atoms with Gasteiger partial charge in [-0.3, -0.25) is 4.79 Å². The summed E-state index contributed by atoms with van der Waals surface area (Å²) in [5, 5.41) is 13.4. The van der Waals surface area contributed by atoms with Crippen LogP contribution in [0.2, 0.25) is 0 Å². The molecule has 12 nitrogen and oxygen atoms in total. The molecule has 0 atom stereocenters. The molecular formula is C48H38N8O4Si. The summed E-state index contributed by atoms with van der Waals surface area (Å²) in [7, 11) is 3.06. The number of benzene rings is 6. The van der Waals surface area contributed by atoms with Crippen molar-refractivity contribution in [1.29, 1.82) is 0 Å². The molecule has 2 aliphatic heterocycles. The maximum Gasteiger partial charge on any atom is 0.315 e. The van der Waals surface area contributed by atoms with Crippen LogP contribution in [-0.2, 0) is 4.79 Å². The lowest BCUT2D eigenvalue weighted by Crippen LogP contribution is -2.15. The quantitative estimate of drug-likeness (QED) is 0.144. The summed E-state index contributed by atoms with van der Waals surface area (Å²) >= 11 is 0. The van der Waals surface area contributed by atoms with Gasteiger partial charge >= 0.3 is 5.97 Å². The number of ether oxygens (including phenoxy) is 2. The molecule has 0 amide bonds. The number of fused-ring (bicyclic) bond motifs is 20. The van der Waals surface area contributed by atoms with Crippen LogP contribution in [0.1, 0.15) is 17.0 Å². The van der Waals surface area contributed by atoms with Crippen LogP contribution < -0.4 is 9.47 Å². The molecule has 3 aromatic heterocycles. The average molecular weight is 819 g/mol. The van der Waals surface area contributed by atoms with Crippen molar-refractivity contribution in [2.75, 3.05) is 14.2 Å². The topological polar surface area (TPSA) is 165 Å². The minimum atomic E-state index is -0.945. The fourth-order valence-corrected chi connectivity index (χ4v) is 7.83. The van der Waals surface area contributed by atoms with E-state index < -0.39 is 11.9 Å². The highest BCUT2D eigenvalue weighted by molar-refractivity contribution is 6.06. The molecule has 298 valence electrons. The number of nitrogens with zero attached hydrogens (tertiary/aromatic N) is 6. The second kappa shape index (κ2) is 16.0. The minimum Gasteiger partial charge on any atom is -0.496 e. The van der Waals surface area contributed by atoms with Gasteiger partial charge in [-0.2, -0.15) is 0 Å². The number of aromatic nitrogens is 8. The van der Waals surface area contributed by atoms with Crippen LogP contribution in [0.5, 0.6) is 11.5 Å². The third-order valence-electron chi connectivity index (χ3n) is 10.6. The molecule has 5 heterocycles. The molecule has 0 saturated carbocycles. The van der Waals surface area contributed by atoms with E-state index in [1.165, 1.54) is 14.2 Å². The van der Waals surface area contributed by atoms with Gasteiger partial charge in [0.1, 0.15) is 40.0 Å².